The van der Waals surface area contributed by atoms with Crippen molar-refractivity contribution in [3.8, 4) is 0 Å². The van der Waals surface area contributed by atoms with Crippen LogP contribution in [0.3, 0.4) is 0 Å². The van der Waals surface area contributed by atoms with Gasteiger partial charge in [0, 0.05) is 22.2 Å². The first-order valence-corrected chi connectivity index (χ1v) is 8.20. The van der Waals surface area contributed by atoms with Gasteiger partial charge in [0.25, 0.3) is 0 Å². The maximum atomic E-state index is 14.1. The molecule has 1 fully saturated rings. The lowest BCUT2D eigenvalue weighted by Gasteiger charge is -2.46. The maximum Gasteiger partial charge on any atom is 0.127 e. The lowest BCUT2D eigenvalue weighted by Crippen LogP contribution is -2.59. The third-order valence-electron chi connectivity index (χ3n) is 4.84. The number of benzene rings is 1. The minimum Gasteiger partial charge on any atom is -0.315 e. The average molecular weight is 313 g/mol. The first kappa shape index (κ1) is 16.7. The van der Waals surface area contributed by atoms with Crippen LogP contribution in [0.15, 0.2) is 18.2 Å². The molecule has 1 aromatic carbocycles. The summed E-state index contributed by atoms with van der Waals surface area (Å²) in [6.45, 7) is 6.73. The van der Waals surface area contributed by atoms with E-state index in [4.69, 9.17) is 11.6 Å². The minimum absolute atomic E-state index is 0.0270. The summed E-state index contributed by atoms with van der Waals surface area (Å²) in [7, 11) is 1.95. The van der Waals surface area contributed by atoms with Gasteiger partial charge < -0.3 is 5.32 Å². The first-order chi connectivity index (χ1) is 9.96. The third-order valence-corrected chi connectivity index (χ3v) is 5.20. The van der Waals surface area contributed by atoms with Crippen molar-refractivity contribution in [2.24, 2.45) is 0 Å². The molecular weight excluding hydrogens is 287 g/mol. The van der Waals surface area contributed by atoms with Crippen LogP contribution in [0.5, 0.6) is 0 Å². The second kappa shape index (κ2) is 7.08. The Balaban J connectivity index is 2.18. The molecule has 1 unspecified atom stereocenters. The molecular formula is C17H26ClFN2. The van der Waals surface area contributed by atoms with Crippen LogP contribution in [-0.2, 0) is 6.42 Å². The Morgan fingerprint density at radius 3 is 2.52 bits per heavy atom. The Morgan fingerprint density at radius 2 is 1.95 bits per heavy atom. The highest BCUT2D eigenvalue weighted by molar-refractivity contribution is 6.31. The van der Waals surface area contributed by atoms with Crippen molar-refractivity contribution < 1.29 is 4.39 Å². The summed E-state index contributed by atoms with van der Waals surface area (Å²) in [4.78, 5) is 2.52. The predicted octanol–water partition coefficient (Wildman–Crippen LogP) is 3.87. The lowest BCUT2D eigenvalue weighted by atomic mass is 9.86. The molecule has 4 heteroatoms. The molecule has 1 N–H and O–H groups in total. The van der Waals surface area contributed by atoms with Crippen LogP contribution in [-0.4, -0.2) is 36.6 Å². The highest BCUT2D eigenvalue weighted by atomic mass is 35.5. The number of piperidine rings is 1. The van der Waals surface area contributed by atoms with Crippen LogP contribution in [0.1, 0.15) is 38.7 Å². The van der Waals surface area contributed by atoms with E-state index in [0.29, 0.717) is 17.0 Å². The van der Waals surface area contributed by atoms with Crippen LogP contribution >= 0.6 is 11.6 Å². The van der Waals surface area contributed by atoms with Gasteiger partial charge in [0.05, 0.1) is 0 Å². The van der Waals surface area contributed by atoms with Crippen LogP contribution < -0.4 is 5.32 Å². The van der Waals surface area contributed by atoms with Gasteiger partial charge in [-0.25, -0.2) is 4.39 Å². The molecule has 1 heterocycles. The minimum atomic E-state index is -0.211. The number of nitrogens with one attached hydrogen (secondary N) is 1. The fourth-order valence-corrected chi connectivity index (χ4v) is 3.57. The molecule has 0 aromatic heterocycles. The summed E-state index contributed by atoms with van der Waals surface area (Å²) >= 11 is 6.19. The SMILES string of the molecule is CNC(Cc1c(F)cccc1Cl)C(C)(C)N1CCCCC1. The van der Waals surface area contributed by atoms with Crippen molar-refractivity contribution in [2.75, 3.05) is 20.1 Å². The van der Waals surface area contributed by atoms with Crippen molar-refractivity contribution in [3.05, 3.63) is 34.6 Å². The van der Waals surface area contributed by atoms with E-state index in [-0.39, 0.29) is 17.4 Å². The second-order valence-corrected chi connectivity index (χ2v) is 6.85. The number of hydrogen-bond donors (Lipinski definition) is 1. The van der Waals surface area contributed by atoms with Crippen LogP contribution in [0.25, 0.3) is 0 Å². The molecule has 1 aliphatic heterocycles. The second-order valence-electron chi connectivity index (χ2n) is 6.45. The van der Waals surface area contributed by atoms with E-state index in [1.165, 1.54) is 25.3 Å². The molecule has 0 amide bonds. The van der Waals surface area contributed by atoms with Crippen molar-refractivity contribution >= 4 is 11.6 Å². The Kier molecular flexibility index (Phi) is 5.64. The van der Waals surface area contributed by atoms with Gasteiger partial charge in [-0.05, 0) is 65.4 Å². The van der Waals surface area contributed by atoms with E-state index in [9.17, 15) is 4.39 Å². The van der Waals surface area contributed by atoms with Gasteiger partial charge in [-0.15, -0.1) is 0 Å². The molecule has 0 aliphatic carbocycles. The van der Waals surface area contributed by atoms with Gasteiger partial charge in [0.2, 0.25) is 0 Å². The van der Waals surface area contributed by atoms with Crippen LogP contribution in [0.4, 0.5) is 4.39 Å². The molecule has 1 atom stereocenters. The maximum absolute atomic E-state index is 14.1. The lowest BCUT2D eigenvalue weighted by molar-refractivity contribution is 0.0633. The van der Waals surface area contributed by atoms with E-state index in [1.54, 1.807) is 12.1 Å². The molecule has 0 spiro atoms. The van der Waals surface area contributed by atoms with Crippen molar-refractivity contribution in [2.45, 2.75) is 51.1 Å². The summed E-state index contributed by atoms with van der Waals surface area (Å²) in [6.07, 6.45) is 4.42. The Hall–Kier alpha value is -0.640. The fraction of sp³-hybridized carbons (Fsp3) is 0.647. The monoisotopic (exact) mass is 312 g/mol. The van der Waals surface area contributed by atoms with E-state index in [2.05, 4.69) is 24.1 Å². The average Bonchev–Trinajstić information content (AvgIpc) is 2.47. The number of rotatable bonds is 5. The summed E-state index contributed by atoms with van der Waals surface area (Å²) in [5.41, 5.74) is 0.587. The zero-order valence-electron chi connectivity index (χ0n) is 13.3. The summed E-state index contributed by atoms with van der Waals surface area (Å²) in [5.74, 6) is -0.211. The Morgan fingerprint density at radius 1 is 1.29 bits per heavy atom. The van der Waals surface area contributed by atoms with Crippen LogP contribution in [0.2, 0.25) is 5.02 Å². The quantitative estimate of drug-likeness (QED) is 0.888. The molecule has 0 saturated carbocycles. The van der Waals surface area contributed by atoms with Gasteiger partial charge in [0.15, 0.2) is 0 Å². The van der Waals surface area contributed by atoms with E-state index in [1.807, 2.05) is 7.05 Å². The smallest absolute Gasteiger partial charge is 0.127 e. The number of halogens is 2. The van der Waals surface area contributed by atoms with Gasteiger partial charge in [-0.1, -0.05) is 24.1 Å². The molecule has 1 aliphatic rings. The van der Waals surface area contributed by atoms with Crippen molar-refractivity contribution in [1.82, 2.24) is 10.2 Å². The first-order valence-electron chi connectivity index (χ1n) is 7.82. The van der Waals surface area contributed by atoms with Crippen molar-refractivity contribution in [1.29, 1.82) is 0 Å². The normalized spacial score (nSPS) is 18.7. The third kappa shape index (κ3) is 3.77. The highest BCUT2D eigenvalue weighted by Crippen LogP contribution is 2.28. The van der Waals surface area contributed by atoms with Gasteiger partial charge in [-0.2, -0.15) is 0 Å². The standard InChI is InChI=1S/C17H26ClFN2/c1-17(2,21-10-5-4-6-11-21)16(20-3)12-13-14(18)8-7-9-15(13)19/h7-9,16,20H,4-6,10-12H2,1-3H3. The molecule has 0 bridgehead atoms. The Bertz CT molecular complexity index is 450. The highest BCUT2D eigenvalue weighted by Gasteiger charge is 2.35. The van der Waals surface area contributed by atoms with Crippen LogP contribution in [0, 0.1) is 5.82 Å². The van der Waals surface area contributed by atoms with Gasteiger partial charge in [0.1, 0.15) is 5.82 Å². The number of hydrogen-bond acceptors (Lipinski definition) is 2. The largest absolute Gasteiger partial charge is 0.315 e. The fourth-order valence-electron chi connectivity index (χ4n) is 3.33. The van der Waals surface area contributed by atoms with Crippen molar-refractivity contribution in [3.63, 3.8) is 0 Å². The molecule has 1 saturated heterocycles. The van der Waals surface area contributed by atoms with Gasteiger partial charge >= 0.3 is 0 Å². The number of likely N-dealkylation sites (N-methyl/N-ethyl adjacent to an activating group) is 1. The summed E-state index contributed by atoms with van der Waals surface area (Å²) in [6, 6.07) is 5.07. The zero-order chi connectivity index (χ0) is 15.5. The molecule has 2 rings (SSSR count). The van der Waals surface area contributed by atoms with E-state index < -0.39 is 0 Å². The molecule has 0 radical (unpaired) electrons. The Labute approximate surface area is 132 Å². The van der Waals surface area contributed by atoms with E-state index in [0.717, 1.165) is 13.1 Å². The molecule has 21 heavy (non-hydrogen) atoms. The summed E-state index contributed by atoms with van der Waals surface area (Å²) < 4.78 is 14.1. The predicted molar refractivity (Wildman–Crippen MR) is 87.5 cm³/mol. The molecule has 118 valence electrons. The van der Waals surface area contributed by atoms with E-state index >= 15 is 0 Å². The van der Waals surface area contributed by atoms with Gasteiger partial charge in [-0.3, -0.25) is 4.90 Å². The molecule has 2 nitrogen and oxygen atoms in total. The topological polar surface area (TPSA) is 15.3 Å². The molecule has 1 aromatic rings. The number of likely N-dealkylation sites (tertiary alicyclic amines) is 1. The summed E-state index contributed by atoms with van der Waals surface area (Å²) in [5, 5.41) is 3.89. The number of nitrogens with zero attached hydrogens (tertiary/aromatic N) is 1. The zero-order valence-corrected chi connectivity index (χ0v) is 14.0.